The maximum atomic E-state index is 13.3. The van der Waals surface area contributed by atoms with Crippen LogP contribution in [0.1, 0.15) is 22.7 Å². The summed E-state index contributed by atoms with van der Waals surface area (Å²) in [4.78, 5) is 31.3. The summed E-state index contributed by atoms with van der Waals surface area (Å²) in [7, 11) is 1.56. The molecule has 3 aromatic carbocycles. The molecule has 0 saturated carbocycles. The summed E-state index contributed by atoms with van der Waals surface area (Å²) in [5.41, 5.74) is 2.72. The van der Waals surface area contributed by atoms with Crippen LogP contribution in [0.3, 0.4) is 0 Å². The molecule has 1 fully saturated rings. The number of benzene rings is 3. The third kappa shape index (κ3) is 3.62. The fraction of sp³-hybridized carbons (Fsp3) is 0.111. The van der Waals surface area contributed by atoms with E-state index in [4.69, 9.17) is 16.3 Å². The number of aromatic amines is 1. The van der Waals surface area contributed by atoms with Crippen molar-refractivity contribution >= 4 is 40.0 Å². The van der Waals surface area contributed by atoms with Gasteiger partial charge in [0.1, 0.15) is 11.5 Å². The molecule has 0 spiro atoms. The number of fused-ring (bicyclic) bond motifs is 1. The maximum Gasteiger partial charge on any atom is 0.295 e. The zero-order valence-corrected chi connectivity index (χ0v) is 19.0. The molecule has 5 rings (SSSR count). The number of nitrogens with zero attached hydrogens (tertiary/aromatic N) is 1. The van der Waals surface area contributed by atoms with Gasteiger partial charge in [-0.15, -0.1) is 0 Å². The quantitative estimate of drug-likeness (QED) is 0.230. The number of ether oxygens (including phenoxy) is 1. The Morgan fingerprint density at radius 1 is 1.06 bits per heavy atom. The Hall–Kier alpha value is -4.03. The molecule has 7 heteroatoms. The number of hydrogen-bond acceptors (Lipinski definition) is 4. The number of amides is 1. The molecule has 1 aliphatic heterocycles. The highest BCUT2D eigenvalue weighted by molar-refractivity contribution is 6.46. The van der Waals surface area contributed by atoms with Gasteiger partial charge in [-0.25, -0.2) is 0 Å². The van der Waals surface area contributed by atoms with Crippen molar-refractivity contribution in [1.82, 2.24) is 9.88 Å². The smallest absolute Gasteiger partial charge is 0.295 e. The third-order valence-electron chi connectivity index (χ3n) is 6.09. The molecule has 0 aliphatic carbocycles. The number of methoxy groups -OCH3 is 1. The minimum Gasteiger partial charge on any atom is -0.507 e. The van der Waals surface area contributed by atoms with Crippen LogP contribution in [0.25, 0.3) is 16.7 Å². The summed E-state index contributed by atoms with van der Waals surface area (Å²) in [5, 5.41) is 12.5. The fourth-order valence-electron chi connectivity index (χ4n) is 4.50. The molecule has 2 N–H and O–H groups in total. The van der Waals surface area contributed by atoms with Gasteiger partial charge >= 0.3 is 0 Å². The Labute approximate surface area is 201 Å². The van der Waals surface area contributed by atoms with Crippen LogP contribution in [0.2, 0.25) is 5.02 Å². The fourth-order valence-corrected chi connectivity index (χ4v) is 4.69. The van der Waals surface area contributed by atoms with Gasteiger partial charge in [0.15, 0.2) is 0 Å². The Morgan fingerprint density at radius 2 is 1.82 bits per heavy atom. The predicted molar refractivity (Wildman–Crippen MR) is 131 cm³/mol. The zero-order chi connectivity index (χ0) is 23.8. The number of rotatable bonds is 5. The molecule has 34 heavy (non-hydrogen) atoms. The highest BCUT2D eigenvalue weighted by atomic mass is 35.5. The van der Waals surface area contributed by atoms with Gasteiger partial charge in [0.25, 0.3) is 11.7 Å². The van der Waals surface area contributed by atoms with Gasteiger partial charge in [-0.1, -0.05) is 60.1 Å². The molecule has 0 radical (unpaired) electrons. The lowest BCUT2D eigenvalue weighted by molar-refractivity contribution is -0.140. The molecule has 1 unspecified atom stereocenters. The van der Waals surface area contributed by atoms with Crippen LogP contribution in [0.15, 0.2) is 84.6 Å². The molecule has 1 amide bonds. The third-order valence-corrected chi connectivity index (χ3v) is 6.32. The average molecular weight is 473 g/mol. The number of likely N-dealkylation sites (tertiary alicyclic amines) is 1. The van der Waals surface area contributed by atoms with Crippen molar-refractivity contribution in [3.63, 3.8) is 0 Å². The number of ketones is 1. The number of para-hydroxylation sites is 2. The lowest BCUT2D eigenvalue weighted by Gasteiger charge is -2.25. The standard InChI is InChI=1S/C27H21ClN2O4/c1-34-22-12-5-2-7-17(22)15-30-24(20-14-29-21-11-4-3-10-19(20)21)23(26(32)27(30)33)25(31)16-8-6-9-18(28)13-16/h2-14,24,29,31H,15H2,1H3/b25-23+. The van der Waals surface area contributed by atoms with E-state index in [0.717, 1.165) is 16.5 Å². The summed E-state index contributed by atoms with van der Waals surface area (Å²) in [6, 6.07) is 20.7. The summed E-state index contributed by atoms with van der Waals surface area (Å²) >= 11 is 6.13. The lowest BCUT2D eigenvalue weighted by Crippen LogP contribution is -2.29. The van der Waals surface area contributed by atoms with E-state index in [2.05, 4.69) is 4.98 Å². The first kappa shape index (κ1) is 21.8. The summed E-state index contributed by atoms with van der Waals surface area (Å²) in [6.07, 6.45) is 1.78. The number of aliphatic hydroxyl groups is 1. The summed E-state index contributed by atoms with van der Waals surface area (Å²) < 4.78 is 5.47. The van der Waals surface area contributed by atoms with E-state index in [1.807, 2.05) is 42.5 Å². The molecule has 4 aromatic rings. The first-order valence-electron chi connectivity index (χ1n) is 10.7. The van der Waals surface area contributed by atoms with E-state index in [0.29, 0.717) is 21.9 Å². The zero-order valence-electron chi connectivity index (χ0n) is 18.3. The Balaban J connectivity index is 1.72. The van der Waals surface area contributed by atoms with E-state index in [1.54, 1.807) is 43.6 Å². The molecule has 0 bridgehead atoms. The van der Waals surface area contributed by atoms with Crippen LogP contribution in [-0.2, 0) is 16.1 Å². The van der Waals surface area contributed by atoms with Gasteiger partial charge in [-0.3, -0.25) is 9.59 Å². The van der Waals surface area contributed by atoms with Gasteiger partial charge < -0.3 is 19.7 Å². The van der Waals surface area contributed by atoms with Crippen molar-refractivity contribution in [1.29, 1.82) is 0 Å². The van der Waals surface area contributed by atoms with Gasteiger partial charge in [-0.2, -0.15) is 0 Å². The Kier molecular flexibility index (Phi) is 5.59. The van der Waals surface area contributed by atoms with Gasteiger partial charge in [0.05, 0.1) is 25.3 Å². The van der Waals surface area contributed by atoms with E-state index in [-0.39, 0.29) is 17.9 Å². The second-order valence-corrected chi connectivity index (χ2v) is 8.48. The number of nitrogens with one attached hydrogen (secondary N) is 1. The van der Waals surface area contributed by atoms with E-state index < -0.39 is 17.7 Å². The minimum absolute atomic E-state index is 0.0203. The van der Waals surface area contributed by atoms with E-state index in [9.17, 15) is 14.7 Å². The highest BCUT2D eigenvalue weighted by Crippen LogP contribution is 2.43. The molecule has 2 heterocycles. The normalized spacial score (nSPS) is 17.5. The number of H-pyrrole nitrogens is 1. The van der Waals surface area contributed by atoms with Crippen molar-refractivity contribution in [3.8, 4) is 5.75 Å². The summed E-state index contributed by atoms with van der Waals surface area (Å²) in [5.74, 6) is -1.09. The molecule has 1 atom stereocenters. The van der Waals surface area contributed by atoms with Crippen LogP contribution < -0.4 is 4.74 Å². The minimum atomic E-state index is -0.806. The molecule has 1 aromatic heterocycles. The van der Waals surface area contributed by atoms with E-state index in [1.165, 1.54) is 4.90 Å². The van der Waals surface area contributed by atoms with Crippen LogP contribution in [0, 0.1) is 0 Å². The molecular formula is C27H21ClN2O4. The van der Waals surface area contributed by atoms with Crippen molar-refractivity contribution in [2.45, 2.75) is 12.6 Å². The number of hydrogen-bond donors (Lipinski definition) is 2. The van der Waals surface area contributed by atoms with Gasteiger partial charge in [-0.05, 0) is 24.3 Å². The topological polar surface area (TPSA) is 82.6 Å². The monoisotopic (exact) mass is 472 g/mol. The molecular weight excluding hydrogens is 452 g/mol. The predicted octanol–water partition coefficient (Wildman–Crippen LogP) is 5.45. The van der Waals surface area contributed by atoms with Crippen LogP contribution >= 0.6 is 11.6 Å². The SMILES string of the molecule is COc1ccccc1CN1C(=O)C(=O)/C(=C(/O)c2cccc(Cl)c2)C1c1c[nH]c2ccccc12. The first-order valence-corrected chi connectivity index (χ1v) is 11.1. The largest absolute Gasteiger partial charge is 0.507 e. The second kappa shape index (κ2) is 8.72. The van der Waals surface area contributed by atoms with Crippen molar-refractivity contribution in [2.75, 3.05) is 7.11 Å². The average Bonchev–Trinajstić information content (AvgIpc) is 3.38. The van der Waals surface area contributed by atoms with Crippen molar-refractivity contribution < 1.29 is 19.4 Å². The Bertz CT molecular complexity index is 1460. The first-order chi connectivity index (χ1) is 16.5. The maximum absolute atomic E-state index is 13.3. The van der Waals surface area contributed by atoms with Crippen LogP contribution in [-0.4, -0.2) is 33.8 Å². The summed E-state index contributed by atoms with van der Waals surface area (Å²) in [6.45, 7) is 0.130. The number of carbonyl (C=O) groups is 2. The number of halogens is 1. The van der Waals surface area contributed by atoms with Gasteiger partial charge in [0, 0.05) is 38.8 Å². The van der Waals surface area contributed by atoms with Crippen LogP contribution in [0.4, 0.5) is 0 Å². The second-order valence-electron chi connectivity index (χ2n) is 8.04. The van der Waals surface area contributed by atoms with Crippen molar-refractivity contribution in [2.24, 2.45) is 0 Å². The number of Topliss-reactive ketones (excluding diaryl/α,β-unsaturated/α-hetero) is 1. The van der Waals surface area contributed by atoms with Gasteiger partial charge in [0.2, 0.25) is 0 Å². The van der Waals surface area contributed by atoms with Crippen molar-refractivity contribution in [3.05, 3.63) is 106 Å². The number of aromatic nitrogens is 1. The Morgan fingerprint density at radius 3 is 2.62 bits per heavy atom. The van der Waals surface area contributed by atoms with Crippen LogP contribution in [0.5, 0.6) is 5.75 Å². The molecule has 1 saturated heterocycles. The molecule has 1 aliphatic rings. The number of aliphatic hydroxyl groups excluding tert-OH is 1. The molecule has 6 nitrogen and oxygen atoms in total. The molecule has 170 valence electrons. The lowest BCUT2D eigenvalue weighted by atomic mass is 9.94. The number of carbonyl (C=O) groups excluding carboxylic acids is 2. The highest BCUT2D eigenvalue weighted by Gasteiger charge is 2.47. The van der Waals surface area contributed by atoms with E-state index >= 15 is 0 Å².